The van der Waals surface area contributed by atoms with Gasteiger partial charge < -0.3 is 9.73 Å². The Balaban J connectivity index is 1.63. The molecule has 1 aliphatic heterocycles. The first-order valence-corrected chi connectivity index (χ1v) is 6.25. The van der Waals surface area contributed by atoms with Gasteiger partial charge in [-0.1, -0.05) is 0 Å². The number of nitrogens with zero attached hydrogens (tertiary/aromatic N) is 1. The second-order valence-electron chi connectivity index (χ2n) is 5.46. The van der Waals surface area contributed by atoms with Crippen LogP contribution in [0.4, 0.5) is 0 Å². The monoisotopic (exact) mass is 220 g/mol. The summed E-state index contributed by atoms with van der Waals surface area (Å²) in [5.41, 5.74) is 1.64. The summed E-state index contributed by atoms with van der Waals surface area (Å²) in [6.07, 6.45) is 6.43. The van der Waals surface area contributed by atoms with Crippen LogP contribution in [0.15, 0.2) is 23.0 Å². The predicted molar refractivity (Wildman–Crippen MR) is 63.1 cm³/mol. The van der Waals surface area contributed by atoms with Gasteiger partial charge in [0.05, 0.1) is 12.5 Å². The topological polar surface area (TPSA) is 28.4 Å². The highest BCUT2D eigenvalue weighted by molar-refractivity contribution is 5.07. The summed E-state index contributed by atoms with van der Waals surface area (Å²) in [4.78, 5) is 2.54. The Kier molecular flexibility index (Phi) is 2.52. The molecule has 3 nitrogen and oxygen atoms in total. The molecule has 2 fully saturated rings. The molecule has 0 aromatic carbocycles. The lowest BCUT2D eigenvalue weighted by atomic mass is 9.93. The van der Waals surface area contributed by atoms with Crippen LogP contribution in [0.2, 0.25) is 0 Å². The van der Waals surface area contributed by atoms with Crippen LogP contribution in [-0.4, -0.2) is 30.1 Å². The van der Waals surface area contributed by atoms with Gasteiger partial charge in [0, 0.05) is 37.3 Å². The normalized spacial score (nSPS) is 31.8. The average molecular weight is 220 g/mol. The molecule has 0 radical (unpaired) electrons. The molecule has 1 saturated heterocycles. The Morgan fingerprint density at radius 3 is 3.12 bits per heavy atom. The fourth-order valence-electron chi connectivity index (χ4n) is 2.87. The minimum atomic E-state index is 0.349. The van der Waals surface area contributed by atoms with Crippen molar-refractivity contribution in [1.29, 1.82) is 0 Å². The molecule has 0 spiro atoms. The molecule has 1 atom stereocenters. The van der Waals surface area contributed by atoms with E-state index in [-0.39, 0.29) is 0 Å². The minimum absolute atomic E-state index is 0.349. The van der Waals surface area contributed by atoms with E-state index >= 15 is 0 Å². The highest BCUT2D eigenvalue weighted by atomic mass is 16.3. The molecule has 1 unspecified atom stereocenters. The number of hydrogen-bond acceptors (Lipinski definition) is 3. The fraction of sp³-hybridized carbons (Fsp3) is 0.692. The van der Waals surface area contributed by atoms with Crippen LogP contribution in [-0.2, 0) is 6.54 Å². The van der Waals surface area contributed by atoms with Crippen LogP contribution in [0.25, 0.3) is 0 Å². The molecule has 1 saturated carbocycles. The van der Waals surface area contributed by atoms with Crippen LogP contribution < -0.4 is 5.32 Å². The number of nitrogens with one attached hydrogen (secondary N) is 1. The summed E-state index contributed by atoms with van der Waals surface area (Å²) in [6, 6.07) is 2.07. The third kappa shape index (κ3) is 2.02. The van der Waals surface area contributed by atoms with E-state index in [2.05, 4.69) is 23.2 Å². The number of hydrogen-bond donors (Lipinski definition) is 1. The average Bonchev–Trinajstić information content (AvgIpc) is 3.01. The molecule has 3 rings (SSSR count). The Morgan fingerprint density at radius 1 is 1.56 bits per heavy atom. The first-order valence-electron chi connectivity index (χ1n) is 6.25. The lowest BCUT2D eigenvalue weighted by Crippen LogP contribution is -2.59. The van der Waals surface area contributed by atoms with E-state index in [9.17, 15) is 0 Å². The first kappa shape index (κ1) is 10.4. The molecular formula is C13H20N2O. The van der Waals surface area contributed by atoms with Gasteiger partial charge in [-0.15, -0.1) is 0 Å². The zero-order valence-electron chi connectivity index (χ0n) is 9.91. The first-order chi connectivity index (χ1) is 7.76. The van der Waals surface area contributed by atoms with Gasteiger partial charge in [-0.05, 0) is 31.7 Å². The summed E-state index contributed by atoms with van der Waals surface area (Å²) < 4.78 is 5.13. The molecule has 0 amide bonds. The number of piperazine rings is 1. The SMILES string of the molecule is CC1(C2CC2)CN(Cc2ccoc2)CCN1. The van der Waals surface area contributed by atoms with Crippen molar-refractivity contribution in [2.75, 3.05) is 19.6 Å². The second kappa shape index (κ2) is 3.90. The van der Waals surface area contributed by atoms with Crippen molar-refractivity contribution in [2.45, 2.75) is 31.8 Å². The molecular weight excluding hydrogens is 200 g/mol. The van der Waals surface area contributed by atoms with Crippen molar-refractivity contribution < 1.29 is 4.42 Å². The molecule has 2 heterocycles. The van der Waals surface area contributed by atoms with Gasteiger partial charge in [0.1, 0.15) is 0 Å². The summed E-state index contributed by atoms with van der Waals surface area (Å²) in [6.45, 7) is 6.84. The van der Waals surface area contributed by atoms with Gasteiger partial charge >= 0.3 is 0 Å². The van der Waals surface area contributed by atoms with Crippen molar-refractivity contribution >= 4 is 0 Å². The highest BCUT2D eigenvalue weighted by Gasteiger charge is 2.43. The molecule has 0 bridgehead atoms. The smallest absolute Gasteiger partial charge is 0.0947 e. The summed E-state index contributed by atoms with van der Waals surface area (Å²) in [5.74, 6) is 0.902. The molecule has 2 aliphatic rings. The maximum absolute atomic E-state index is 5.13. The van der Waals surface area contributed by atoms with E-state index in [1.807, 2.05) is 6.26 Å². The second-order valence-corrected chi connectivity index (χ2v) is 5.46. The third-order valence-electron chi connectivity index (χ3n) is 3.97. The molecule has 1 aromatic rings. The van der Waals surface area contributed by atoms with Crippen molar-refractivity contribution in [2.24, 2.45) is 5.92 Å². The zero-order chi connectivity index (χ0) is 11.0. The summed E-state index contributed by atoms with van der Waals surface area (Å²) in [7, 11) is 0. The maximum Gasteiger partial charge on any atom is 0.0947 e. The Morgan fingerprint density at radius 2 is 2.44 bits per heavy atom. The Hall–Kier alpha value is -0.800. The lowest BCUT2D eigenvalue weighted by Gasteiger charge is -2.42. The van der Waals surface area contributed by atoms with Crippen LogP contribution >= 0.6 is 0 Å². The zero-order valence-corrected chi connectivity index (χ0v) is 9.91. The number of furan rings is 1. The minimum Gasteiger partial charge on any atom is -0.472 e. The van der Waals surface area contributed by atoms with Gasteiger partial charge in [0.25, 0.3) is 0 Å². The van der Waals surface area contributed by atoms with Gasteiger partial charge in [0.15, 0.2) is 0 Å². The van der Waals surface area contributed by atoms with Crippen LogP contribution in [0.3, 0.4) is 0 Å². The van der Waals surface area contributed by atoms with Crippen LogP contribution in [0.1, 0.15) is 25.3 Å². The fourth-order valence-corrected chi connectivity index (χ4v) is 2.87. The molecule has 1 aliphatic carbocycles. The quantitative estimate of drug-likeness (QED) is 0.842. The van der Waals surface area contributed by atoms with E-state index in [4.69, 9.17) is 4.42 Å². The predicted octanol–water partition coefficient (Wildman–Crippen LogP) is 1.85. The van der Waals surface area contributed by atoms with E-state index in [1.54, 1.807) is 6.26 Å². The van der Waals surface area contributed by atoms with Gasteiger partial charge in [0.2, 0.25) is 0 Å². The molecule has 88 valence electrons. The van der Waals surface area contributed by atoms with Crippen molar-refractivity contribution in [3.63, 3.8) is 0 Å². The van der Waals surface area contributed by atoms with E-state index in [0.717, 1.165) is 25.6 Å². The Labute approximate surface area is 96.8 Å². The maximum atomic E-state index is 5.13. The lowest BCUT2D eigenvalue weighted by molar-refractivity contribution is 0.121. The standard InChI is InChI=1S/C13H20N2O/c1-13(12-2-3-12)10-15(6-5-14-13)8-11-4-7-16-9-11/h4,7,9,12,14H,2-3,5-6,8,10H2,1H3. The van der Waals surface area contributed by atoms with Crippen LogP contribution in [0, 0.1) is 5.92 Å². The van der Waals surface area contributed by atoms with Crippen LogP contribution in [0.5, 0.6) is 0 Å². The Bertz CT molecular complexity index is 345. The van der Waals surface area contributed by atoms with E-state index < -0.39 is 0 Å². The summed E-state index contributed by atoms with van der Waals surface area (Å²) >= 11 is 0. The van der Waals surface area contributed by atoms with E-state index in [0.29, 0.717) is 5.54 Å². The van der Waals surface area contributed by atoms with Crippen molar-refractivity contribution in [3.8, 4) is 0 Å². The molecule has 16 heavy (non-hydrogen) atoms. The van der Waals surface area contributed by atoms with Crippen molar-refractivity contribution in [3.05, 3.63) is 24.2 Å². The van der Waals surface area contributed by atoms with Crippen molar-refractivity contribution in [1.82, 2.24) is 10.2 Å². The van der Waals surface area contributed by atoms with E-state index in [1.165, 1.54) is 24.9 Å². The molecule has 1 aromatic heterocycles. The highest BCUT2D eigenvalue weighted by Crippen LogP contribution is 2.40. The third-order valence-corrected chi connectivity index (χ3v) is 3.97. The molecule has 1 N–H and O–H groups in total. The van der Waals surface area contributed by atoms with Gasteiger partial charge in [-0.2, -0.15) is 0 Å². The largest absolute Gasteiger partial charge is 0.472 e. The molecule has 3 heteroatoms. The van der Waals surface area contributed by atoms with Gasteiger partial charge in [-0.25, -0.2) is 0 Å². The number of rotatable bonds is 3. The van der Waals surface area contributed by atoms with Gasteiger partial charge in [-0.3, -0.25) is 4.90 Å². The summed E-state index contributed by atoms with van der Waals surface area (Å²) in [5, 5.41) is 3.70.